The molecule has 0 radical (unpaired) electrons. The van der Waals surface area contributed by atoms with E-state index in [1.54, 1.807) is 13.2 Å². The zero-order valence-corrected chi connectivity index (χ0v) is 11.6. The summed E-state index contributed by atoms with van der Waals surface area (Å²) in [6.45, 7) is 1.10. The minimum absolute atomic E-state index is 0.277. The van der Waals surface area contributed by atoms with Gasteiger partial charge in [0, 0.05) is 20.2 Å². The van der Waals surface area contributed by atoms with Crippen LogP contribution in [0.1, 0.15) is 19.3 Å². The number of aliphatic hydroxyl groups excluding tert-OH is 1. The lowest BCUT2D eigenvalue weighted by Crippen LogP contribution is -2.21. The third-order valence-corrected chi connectivity index (χ3v) is 4.12. The minimum Gasteiger partial charge on any atom is -0.396 e. The lowest BCUT2D eigenvalue weighted by atomic mass is 9.97. The number of hydrogen-bond donors (Lipinski definition) is 4. The molecule has 0 aliphatic heterocycles. The van der Waals surface area contributed by atoms with Gasteiger partial charge in [-0.2, -0.15) is 15.1 Å². The third-order valence-electron chi connectivity index (χ3n) is 4.12. The average Bonchev–Trinajstić information content (AvgIpc) is 3.12. The quantitative estimate of drug-likeness (QED) is 0.655. The number of aromatic nitrogens is 4. The molecule has 4 N–H and O–H groups in total. The molecule has 2 atom stereocenters. The molecule has 0 amide bonds. The van der Waals surface area contributed by atoms with Crippen LogP contribution in [0.2, 0.25) is 0 Å². The van der Waals surface area contributed by atoms with Crippen LogP contribution in [0, 0.1) is 11.8 Å². The first-order valence-electron chi connectivity index (χ1n) is 7.05. The number of nitrogens with zero attached hydrogens (tertiary/aromatic N) is 3. The lowest BCUT2D eigenvalue weighted by molar-refractivity contribution is 0.199. The van der Waals surface area contributed by atoms with Gasteiger partial charge in [0.1, 0.15) is 5.82 Å². The van der Waals surface area contributed by atoms with Crippen molar-refractivity contribution in [3.63, 3.8) is 0 Å². The van der Waals surface area contributed by atoms with Gasteiger partial charge in [0.25, 0.3) is 0 Å². The second kappa shape index (κ2) is 5.62. The van der Waals surface area contributed by atoms with Crippen LogP contribution >= 0.6 is 0 Å². The van der Waals surface area contributed by atoms with E-state index in [-0.39, 0.29) is 6.61 Å². The van der Waals surface area contributed by atoms with Gasteiger partial charge < -0.3 is 15.7 Å². The van der Waals surface area contributed by atoms with Gasteiger partial charge in [-0.25, -0.2) is 0 Å². The third kappa shape index (κ3) is 2.40. The van der Waals surface area contributed by atoms with Gasteiger partial charge in [0.15, 0.2) is 5.65 Å². The maximum atomic E-state index is 9.38. The van der Waals surface area contributed by atoms with Gasteiger partial charge in [0.2, 0.25) is 5.95 Å². The first kappa shape index (κ1) is 13.1. The molecule has 2 unspecified atom stereocenters. The highest BCUT2D eigenvalue weighted by molar-refractivity contribution is 5.86. The van der Waals surface area contributed by atoms with E-state index in [4.69, 9.17) is 0 Å². The summed E-state index contributed by atoms with van der Waals surface area (Å²) in [4.78, 5) is 8.75. The highest BCUT2D eigenvalue weighted by Gasteiger charge is 2.26. The molecular formula is C13H20N6O. The number of nitrogens with one attached hydrogen (secondary N) is 3. The van der Waals surface area contributed by atoms with E-state index in [0.717, 1.165) is 36.2 Å². The molecule has 0 bridgehead atoms. The molecule has 0 spiro atoms. The molecule has 3 rings (SSSR count). The normalized spacial score (nSPS) is 22.3. The smallest absolute Gasteiger partial charge is 0.226 e. The van der Waals surface area contributed by atoms with Gasteiger partial charge in [-0.15, -0.1) is 0 Å². The van der Waals surface area contributed by atoms with Crippen LogP contribution in [0.4, 0.5) is 11.8 Å². The van der Waals surface area contributed by atoms with E-state index in [2.05, 4.69) is 30.8 Å². The zero-order chi connectivity index (χ0) is 13.9. The number of H-pyrrole nitrogens is 1. The van der Waals surface area contributed by atoms with E-state index in [1.807, 2.05) is 0 Å². The number of aromatic amines is 1. The van der Waals surface area contributed by atoms with E-state index < -0.39 is 0 Å². The van der Waals surface area contributed by atoms with Crippen molar-refractivity contribution < 1.29 is 5.11 Å². The van der Waals surface area contributed by atoms with Crippen molar-refractivity contribution in [2.45, 2.75) is 19.3 Å². The second-order valence-corrected chi connectivity index (χ2v) is 5.29. The highest BCUT2D eigenvalue weighted by atomic mass is 16.3. The van der Waals surface area contributed by atoms with E-state index in [0.29, 0.717) is 17.8 Å². The largest absolute Gasteiger partial charge is 0.396 e. The summed E-state index contributed by atoms with van der Waals surface area (Å²) in [7, 11) is 1.79. The van der Waals surface area contributed by atoms with Crippen molar-refractivity contribution in [1.29, 1.82) is 0 Å². The Labute approximate surface area is 117 Å². The minimum atomic E-state index is 0.277. The molecule has 0 aromatic carbocycles. The Morgan fingerprint density at radius 1 is 1.35 bits per heavy atom. The summed E-state index contributed by atoms with van der Waals surface area (Å²) >= 11 is 0. The van der Waals surface area contributed by atoms with Gasteiger partial charge in [-0.3, -0.25) is 5.10 Å². The second-order valence-electron chi connectivity index (χ2n) is 5.29. The zero-order valence-electron chi connectivity index (χ0n) is 11.6. The van der Waals surface area contributed by atoms with Crippen molar-refractivity contribution in [2.24, 2.45) is 11.8 Å². The van der Waals surface area contributed by atoms with Gasteiger partial charge in [-0.1, -0.05) is 6.42 Å². The summed E-state index contributed by atoms with van der Waals surface area (Å²) in [5.74, 6) is 2.27. The van der Waals surface area contributed by atoms with Crippen LogP contribution in [0.5, 0.6) is 0 Å². The van der Waals surface area contributed by atoms with Crippen LogP contribution < -0.4 is 10.6 Å². The Morgan fingerprint density at radius 3 is 3.00 bits per heavy atom. The number of aliphatic hydroxyl groups is 1. The first-order chi connectivity index (χ1) is 9.81. The van der Waals surface area contributed by atoms with Crippen LogP contribution in [0.3, 0.4) is 0 Å². The monoisotopic (exact) mass is 276 g/mol. The topological polar surface area (TPSA) is 98.8 Å². The van der Waals surface area contributed by atoms with E-state index >= 15 is 0 Å². The fraction of sp³-hybridized carbons (Fsp3) is 0.615. The molecule has 1 aliphatic carbocycles. The fourth-order valence-corrected chi connectivity index (χ4v) is 2.93. The van der Waals surface area contributed by atoms with Gasteiger partial charge >= 0.3 is 0 Å². The van der Waals surface area contributed by atoms with E-state index in [9.17, 15) is 5.11 Å². The molecule has 20 heavy (non-hydrogen) atoms. The molecular weight excluding hydrogens is 256 g/mol. The Morgan fingerprint density at radius 2 is 2.20 bits per heavy atom. The number of hydrogen-bond acceptors (Lipinski definition) is 6. The maximum absolute atomic E-state index is 9.38. The standard InChI is InChI=1S/C13H20N6O/c1-14-13-17-11(10-6-16-19-12(10)18-13)15-5-8-3-2-4-9(8)7-20/h6,8-9,20H,2-5,7H2,1H3,(H3,14,15,16,17,18,19). The van der Waals surface area contributed by atoms with Crippen molar-refractivity contribution >= 4 is 22.8 Å². The van der Waals surface area contributed by atoms with E-state index in [1.165, 1.54) is 6.42 Å². The van der Waals surface area contributed by atoms with Crippen LogP contribution in [-0.2, 0) is 0 Å². The Balaban J connectivity index is 1.78. The van der Waals surface area contributed by atoms with Crippen molar-refractivity contribution in [2.75, 3.05) is 30.8 Å². The molecule has 0 saturated heterocycles. The maximum Gasteiger partial charge on any atom is 0.226 e. The van der Waals surface area contributed by atoms with Crippen LogP contribution in [0.15, 0.2) is 6.20 Å². The molecule has 108 valence electrons. The molecule has 7 heteroatoms. The molecule has 2 aromatic rings. The summed E-state index contributed by atoms with van der Waals surface area (Å²) in [5, 5.41) is 23.5. The summed E-state index contributed by atoms with van der Waals surface area (Å²) in [6.07, 6.45) is 5.21. The first-order valence-corrected chi connectivity index (χ1v) is 7.05. The SMILES string of the molecule is CNc1nc(NCC2CCCC2CO)c2cn[nH]c2n1. The number of anilines is 2. The molecule has 2 aromatic heterocycles. The Kier molecular flexibility index (Phi) is 3.68. The molecule has 1 saturated carbocycles. The van der Waals surface area contributed by atoms with Crippen molar-refractivity contribution in [3.8, 4) is 0 Å². The van der Waals surface area contributed by atoms with Gasteiger partial charge in [-0.05, 0) is 24.7 Å². The highest BCUT2D eigenvalue weighted by Crippen LogP contribution is 2.31. The Bertz CT molecular complexity index is 583. The lowest BCUT2D eigenvalue weighted by Gasteiger charge is -2.18. The molecule has 2 heterocycles. The van der Waals surface area contributed by atoms with Crippen LogP contribution in [0.25, 0.3) is 11.0 Å². The number of fused-ring (bicyclic) bond motifs is 1. The summed E-state index contributed by atoms with van der Waals surface area (Å²) in [5.41, 5.74) is 0.719. The molecule has 1 fully saturated rings. The molecule has 7 nitrogen and oxygen atoms in total. The van der Waals surface area contributed by atoms with Crippen LogP contribution in [-0.4, -0.2) is 45.5 Å². The summed E-state index contributed by atoms with van der Waals surface area (Å²) in [6, 6.07) is 0. The fourth-order valence-electron chi connectivity index (χ4n) is 2.93. The van der Waals surface area contributed by atoms with Gasteiger partial charge in [0.05, 0.1) is 11.6 Å². The van der Waals surface area contributed by atoms with Crippen molar-refractivity contribution in [1.82, 2.24) is 20.2 Å². The average molecular weight is 276 g/mol. The predicted molar refractivity (Wildman–Crippen MR) is 77.6 cm³/mol. The molecule has 1 aliphatic rings. The number of rotatable bonds is 5. The van der Waals surface area contributed by atoms with Crippen molar-refractivity contribution in [3.05, 3.63) is 6.20 Å². The Hall–Kier alpha value is -1.89. The predicted octanol–water partition coefficient (Wildman–Crippen LogP) is 1.22. The summed E-state index contributed by atoms with van der Waals surface area (Å²) < 4.78 is 0.